The lowest BCUT2D eigenvalue weighted by Gasteiger charge is -2.18. The Kier molecular flexibility index (Phi) is 5.36. The topological polar surface area (TPSA) is 113 Å². The van der Waals surface area contributed by atoms with Crippen molar-refractivity contribution in [2.24, 2.45) is 0 Å². The van der Waals surface area contributed by atoms with Gasteiger partial charge in [-0.2, -0.15) is 0 Å². The van der Waals surface area contributed by atoms with Gasteiger partial charge in [0, 0.05) is 22.9 Å². The van der Waals surface area contributed by atoms with Gasteiger partial charge in [-0.3, -0.25) is 9.97 Å². The Morgan fingerprint density at radius 3 is 2.49 bits per heavy atom. The highest BCUT2D eigenvalue weighted by molar-refractivity contribution is 7.90. The Hall–Kier alpha value is -3.79. The first-order valence-electron chi connectivity index (χ1n) is 11.1. The quantitative estimate of drug-likeness (QED) is 0.351. The van der Waals surface area contributed by atoms with E-state index in [2.05, 4.69) is 20.1 Å². The molecule has 10 heteroatoms. The molecule has 5 aromatic rings. The molecular weight excluding hydrogens is 466 g/mol. The number of fused-ring (bicyclic) bond motifs is 3. The molecule has 0 bridgehead atoms. The molecule has 0 unspecified atom stereocenters. The Morgan fingerprint density at radius 2 is 1.86 bits per heavy atom. The number of hydrogen-bond donors (Lipinski definition) is 0. The number of benzene rings is 1. The molecule has 0 saturated carbocycles. The minimum atomic E-state index is -3.65. The molecule has 9 nitrogen and oxygen atoms in total. The van der Waals surface area contributed by atoms with Crippen molar-refractivity contribution < 1.29 is 17.7 Å². The van der Waals surface area contributed by atoms with Gasteiger partial charge in [0.25, 0.3) is 0 Å². The smallest absolute Gasteiger partial charge is 0.229 e. The third kappa shape index (κ3) is 3.74. The number of aromatic nitrogens is 5. The predicted molar refractivity (Wildman–Crippen MR) is 132 cm³/mol. The third-order valence-corrected chi connectivity index (χ3v) is 7.12. The molecule has 0 saturated heterocycles. The predicted octanol–water partition coefficient (Wildman–Crippen LogP) is 4.58. The summed E-state index contributed by atoms with van der Waals surface area (Å²) in [4.78, 5) is 13.7. The first-order valence-corrected chi connectivity index (χ1v) is 12.9. The Balaban J connectivity index is 1.87. The summed E-state index contributed by atoms with van der Waals surface area (Å²) in [5, 5.41) is 4.75. The van der Waals surface area contributed by atoms with E-state index in [-0.39, 0.29) is 5.16 Å². The van der Waals surface area contributed by atoms with Crippen LogP contribution in [0.4, 0.5) is 0 Å². The third-order valence-electron chi connectivity index (χ3n) is 6.16. The molecular formula is C25H25N5O4S. The van der Waals surface area contributed by atoms with E-state index >= 15 is 0 Å². The summed E-state index contributed by atoms with van der Waals surface area (Å²) in [6.07, 6.45) is 2.76. The van der Waals surface area contributed by atoms with Crippen molar-refractivity contribution >= 4 is 31.8 Å². The van der Waals surface area contributed by atoms with Gasteiger partial charge < -0.3 is 13.8 Å². The monoisotopic (exact) mass is 491 g/mol. The summed E-state index contributed by atoms with van der Waals surface area (Å²) in [7, 11) is -2.06. The van der Waals surface area contributed by atoms with Gasteiger partial charge in [-0.25, -0.2) is 13.4 Å². The minimum Gasteiger partial charge on any atom is -0.496 e. The number of pyridine rings is 2. The molecule has 0 aliphatic rings. The second kappa shape index (κ2) is 8.16. The van der Waals surface area contributed by atoms with Crippen molar-refractivity contribution in [3.8, 4) is 16.9 Å². The molecule has 0 radical (unpaired) electrons. The maximum Gasteiger partial charge on any atom is 0.229 e. The average molecular weight is 492 g/mol. The molecule has 1 aromatic carbocycles. The van der Waals surface area contributed by atoms with Crippen LogP contribution in [-0.2, 0) is 9.84 Å². The molecule has 0 aliphatic carbocycles. The van der Waals surface area contributed by atoms with E-state index in [1.165, 1.54) is 0 Å². The summed E-state index contributed by atoms with van der Waals surface area (Å²) < 4.78 is 38.5. The number of methoxy groups -OCH3 is 1. The first kappa shape index (κ1) is 23.0. The lowest BCUT2D eigenvalue weighted by atomic mass is 10.0. The summed E-state index contributed by atoms with van der Waals surface area (Å²) in [6.45, 7) is 7.54. The molecule has 1 atom stereocenters. The van der Waals surface area contributed by atoms with Gasteiger partial charge in [-0.1, -0.05) is 11.2 Å². The summed E-state index contributed by atoms with van der Waals surface area (Å²) in [5.41, 5.74) is 5.75. The lowest BCUT2D eigenvalue weighted by Crippen LogP contribution is -2.15. The Morgan fingerprint density at radius 1 is 1.09 bits per heavy atom. The molecule has 0 spiro atoms. The van der Waals surface area contributed by atoms with Crippen LogP contribution in [0.1, 0.15) is 35.8 Å². The highest BCUT2D eigenvalue weighted by Gasteiger charge is 2.27. The summed E-state index contributed by atoms with van der Waals surface area (Å²) in [6, 6.07) is 9.07. The lowest BCUT2D eigenvalue weighted by molar-refractivity contribution is 0.393. The van der Waals surface area contributed by atoms with Crippen molar-refractivity contribution in [1.29, 1.82) is 0 Å². The molecule has 0 aliphatic heterocycles. The zero-order valence-corrected chi connectivity index (χ0v) is 21.1. The molecule has 0 fully saturated rings. The van der Waals surface area contributed by atoms with E-state index in [0.717, 1.165) is 39.9 Å². The fourth-order valence-electron chi connectivity index (χ4n) is 4.56. The van der Waals surface area contributed by atoms with Crippen LogP contribution in [-0.4, -0.2) is 46.5 Å². The summed E-state index contributed by atoms with van der Waals surface area (Å²) >= 11 is 0. The van der Waals surface area contributed by atoms with Crippen LogP contribution >= 0.6 is 0 Å². The SMILES string of the molecule is COc1cc2c(cc1-c1c(C)noc1C)ncc1nc(S(C)(=O)=O)n([C@H](C)c3cccc(C)n3)c12. The van der Waals surface area contributed by atoms with Crippen LogP contribution in [0.5, 0.6) is 5.75 Å². The molecule has 180 valence electrons. The zero-order valence-electron chi connectivity index (χ0n) is 20.3. The fraction of sp³-hybridized carbons (Fsp3) is 0.280. The highest BCUT2D eigenvalue weighted by atomic mass is 32.2. The van der Waals surface area contributed by atoms with Gasteiger partial charge in [0.05, 0.1) is 47.3 Å². The van der Waals surface area contributed by atoms with E-state index < -0.39 is 15.9 Å². The molecule has 35 heavy (non-hydrogen) atoms. The Labute approximate surface area is 202 Å². The molecule has 0 N–H and O–H groups in total. The van der Waals surface area contributed by atoms with Crippen LogP contribution in [0.25, 0.3) is 33.1 Å². The fourth-order valence-corrected chi connectivity index (χ4v) is 5.43. The van der Waals surface area contributed by atoms with E-state index in [1.54, 1.807) is 17.9 Å². The number of aryl methyl sites for hydroxylation is 3. The second-order valence-electron chi connectivity index (χ2n) is 8.68. The largest absolute Gasteiger partial charge is 0.496 e. The second-order valence-corrected chi connectivity index (χ2v) is 10.6. The highest BCUT2D eigenvalue weighted by Crippen LogP contribution is 2.40. The molecule has 5 rings (SSSR count). The van der Waals surface area contributed by atoms with E-state index in [0.29, 0.717) is 28.1 Å². The number of sulfone groups is 1. The number of nitrogens with zero attached hydrogens (tertiary/aromatic N) is 5. The molecule has 0 amide bonds. The zero-order chi connectivity index (χ0) is 25.1. The number of imidazole rings is 1. The first-order chi connectivity index (χ1) is 16.6. The van der Waals surface area contributed by atoms with Gasteiger partial charge in [0.2, 0.25) is 15.0 Å². The number of rotatable bonds is 5. The van der Waals surface area contributed by atoms with Gasteiger partial charge in [-0.05, 0) is 52.0 Å². The maximum absolute atomic E-state index is 12.8. The number of ether oxygens (including phenoxy) is 1. The van der Waals surface area contributed by atoms with E-state index in [4.69, 9.17) is 9.26 Å². The van der Waals surface area contributed by atoms with Crippen molar-refractivity contribution in [2.75, 3.05) is 13.4 Å². The van der Waals surface area contributed by atoms with Crippen LogP contribution in [0.2, 0.25) is 0 Å². The molecule has 4 aromatic heterocycles. The summed E-state index contributed by atoms with van der Waals surface area (Å²) in [5.74, 6) is 1.26. The van der Waals surface area contributed by atoms with Gasteiger partial charge >= 0.3 is 0 Å². The van der Waals surface area contributed by atoms with Crippen LogP contribution in [0.3, 0.4) is 0 Å². The van der Waals surface area contributed by atoms with Crippen molar-refractivity contribution in [2.45, 2.75) is 38.9 Å². The van der Waals surface area contributed by atoms with Crippen LogP contribution in [0, 0.1) is 20.8 Å². The van der Waals surface area contributed by atoms with Crippen molar-refractivity contribution in [3.05, 3.63) is 59.4 Å². The standard InChI is InChI=1S/C25H25N5O4S/c1-13-8-7-9-19(27-13)15(3)30-24-17-11-22(33-5)18(23-14(2)29-34-16(23)4)10-20(17)26-12-21(24)28-25(30)35(6,31)32/h7-12,15H,1-6H3/t15-/m1/s1. The average Bonchev–Trinajstić information content (AvgIpc) is 3.37. The van der Waals surface area contributed by atoms with Gasteiger partial charge in [0.15, 0.2) is 0 Å². The minimum absolute atomic E-state index is 0.0358. The van der Waals surface area contributed by atoms with Gasteiger partial charge in [-0.15, -0.1) is 0 Å². The van der Waals surface area contributed by atoms with E-state index in [9.17, 15) is 8.42 Å². The number of hydrogen-bond acceptors (Lipinski definition) is 8. The maximum atomic E-state index is 12.8. The van der Waals surface area contributed by atoms with Crippen molar-refractivity contribution in [1.82, 2.24) is 24.7 Å². The van der Waals surface area contributed by atoms with E-state index in [1.807, 2.05) is 58.0 Å². The van der Waals surface area contributed by atoms with Gasteiger partial charge in [0.1, 0.15) is 17.0 Å². The normalized spacial score (nSPS) is 13.0. The van der Waals surface area contributed by atoms with Crippen LogP contribution < -0.4 is 4.74 Å². The molecule has 4 heterocycles. The Bertz CT molecular complexity index is 1700. The van der Waals surface area contributed by atoms with Crippen molar-refractivity contribution in [3.63, 3.8) is 0 Å². The van der Waals surface area contributed by atoms with Crippen LogP contribution in [0.15, 0.2) is 46.2 Å².